The lowest BCUT2D eigenvalue weighted by molar-refractivity contribution is 0.0783. The maximum atomic E-state index is 13.8. The lowest BCUT2D eigenvalue weighted by atomic mass is 9.88. The summed E-state index contributed by atoms with van der Waals surface area (Å²) in [7, 11) is 0.633. The van der Waals surface area contributed by atoms with Crippen molar-refractivity contribution in [3.05, 3.63) is 105 Å². The van der Waals surface area contributed by atoms with Gasteiger partial charge in [-0.25, -0.2) is 0 Å². The second kappa shape index (κ2) is 14.1. The van der Waals surface area contributed by atoms with E-state index in [0.29, 0.717) is 38.5 Å². The molecule has 5 rings (SSSR count). The van der Waals surface area contributed by atoms with Gasteiger partial charge in [-0.3, -0.25) is 9.00 Å². The van der Waals surface area contributed by atoms with E-state index >= 15 is 0 Å². The number of nitriles is 1. The third-order valence-electron chi connectivity index (χ3n) is 8.61. The molecule has 0 aliphatic carbocycles. The van der Waals surface area contributed by atoms with Crippen LogP contribution in [0.15, 0.2) is 77.7 Å². The first-order valence-electron chi connectivity index (χ1n) is 14.7. The fourth-order valence-electron chi connectivity index (χ4n) is 6.22. The number of amides is 1. The summed E-state index contributed by atoms with van der Waals surface area (Å²) in [5, 5.41) is 22.1. The minimum Gasteiger partial charge on any atom is -0.508 e. The molecule has 1 amide bonds. The monoisotopic (exact) mass is 647 g/mol. The molecule has 1 aliphatic heterocycles. The van der Waals surface area contributed by atoms with Crippen LogP contribution in [0.25, 0.3) is 10.8 Å². The standard InChI is InChI=1S/C35H35Cl2N3O3S/c1-39(35(42)31-18-23(21-38)17-26-5-3-4-6-29(26)31)22-27(25-7-10-32(36)33(37)19-25)13-16-40-14-11-24(12-15-40)30-9-8-28(41)20-34(30)44(2)43/h3-10,17-20,24,27,41H,11-16,22H2,1-2H3/t27-,44?/m1/s1. The van der Waals surface area contributed by atoms with Crippen molar-refractivity contribution in [3.63, 3.8) is 0 Å². The zero-order valence-electron chi connectivity index (χ0n) is 24.8. The third-order valence-corrected chi connectivity index (χ3v) is 10.3. The maximum Gasteiger partial charge on any atom is 0.254 e. The minimum absolute atomic E-state index is 0.00747. The average Bonchev–Trinajstić information content (AvgIpc) is 3.03. The number of nitrogens with zero attached hydrogens (tertiary/aromatic N) is 3. The Bertz CT molecular complexity index is 1750. The lowest BCUT2D eigenvalue weighted by Gasteiger charge is -2.34. The molecular formula is C35H35Cl2N3O3S. The van der Waals surface area contributed by atoms with Gasteiger partial charge < -0.3 is 14.9 Å². The summed E-state index contributed by atoms with van der Waals surface area (Å²) in [6, 6.07) is 24.2. The Morgan fingerprint density at radius 2 is 1.82 bits per heavy atom. The summed E-state index contributed by atoms with van der Waals surface area (Å²) < 4.78 is 12.3. The molecule has 0 spiro atoms. The number of hydrogen-bond acceptors (Lipinski definition) is 5. The van der Waals surface area contributed by atoms with Crippen LogP contribution in [-0.4, -0.2) is 64.5 Å². The number of benzene rings is 4. The lowest BCUT2D eigenvalue weighted by Crippen LogP contribution is -2.36. The number of likely N-dealkylation sites (tertiary alicyclic amines) is 1. The number of fused-ring (bicyclic) bond motifs is 1. The summed E-state index contributed by atoms with van der Waals surface area (Å²) in [5.41, 5.74) is 3.04. The molecule has 1 saturated heterocycles. The fourth-order valence-corrected chi connectivity index (χ4v) is 7.38. The molecule has 1 N–H and O–H groups in total. The molecule has 1 aliphatic rings. The molecule has 44 heavy (non-hydrogen) atoms. The van der Waals surface area contributed by atoms with Crippen LogP contribution in [0.1, 0.15) is 58.1 Å². The number of phenolic OH excluding ortho intramolecular Hbond substituents is 1. The number of halogens is 2. The Morgan fingerprint density at radius 1 is 1.07 bits per heavy atom. The molecule has 0 radical (unpaired) electrons. The van der Waals surface area contributed by atoms with Crippen LogP contribution in [0.5, 0.6) is 5.75 Å². The quantitative estimate of drug-likeness (QED) is 0.202. The van der Waals surface area contributed by atoms with Crippen LogP contribution < -0.4 is 0 Å². The number of piperidine rings is 1. The molecule has 6 nitrogen and oxygen atoms in total. The minimum atomic E-state index is -1.17. The number of rotatable bonds is 9. The predicted octanol–water partition coefficient (Wildman–Crippen LogP) is 7.59. The fraction of sp³-hybridized carbons (Fsp3) is 0.314. The normalized spacial score (nSPS) is 15.5. The zero-order chi connectivity index (χ0) is 31.4. The molecule has 1 heterocycles. The van der Waals surface area contributed by atoms with Gasteiger partial charge in [-0.2, -0.15) is 5.26 Å². The molecule has 0 saturated carbocycles. The van der Waals surface area contributed by atoms with Crippen LogP contribution in [0.2, 0.25) is 10.0 Å². The van der Waals surface area contributed by atoms with Gasteiger partial charge in [0.1, 0.15) is 5.75 Å². The van der Waals surface area contributed by atoms with Crippen LogP contribution in [0, 0.1) is 11.3 Å². The largest absolute Gasteiger partial charge is 0.508 e. The van der Waals surface area contributed by atoms with Gasteiger partial charge in [-0.05, 0) is 103 Å². The van der Waals surface area contributed by atoms with E-state index in [9.17, 15) is 19.4 Å². The first-order chi connectivity index (χ1) is 21.1. The molecule has 9 heteroatoms. The highest BCUT2D eigenvalue weighted by molar-refractivity contribution is 7.84. The van der Waals surface area contributed by atoms with Gasteiger partial charge in [0.25, 0.3) is 5.91 Å². The predicted molar refractivity (Wildman–Crippen MR) is 178 cm³/mol. The van der Waals surface area contributed by atoms with Gasteiger partial charge in [0.05, 0.1) is 32.5 Å². The Kier molecular flexibility index (Phi) is 10.3. The van der Waals surface area contributed by atoms with Crippen molar-refractivity contribution in [3.8, 4) is 11.8 Å². The van der Waals surface area contributed by atoms with Gasteiger partial charge in [0, 0.05) is 36.2 Å². The first-order valence-corrected chi connectivity index (χ1v) is 17.0. The highest BCUT2D eigenvalue weighted by atomic mass is 35.5. The Balaban J connectivity index is 1.31. The molecule has 2 atom stereocenters. The average molecular weight is 649 g/mol. The first kappa shape index (κ1) is 32.0. The van der Waals surface area contributed by atoms with E-state index in [1.165, 1.54) is 0 Å². The van der Waals surface area contributed by atoms with Crippen molar-refractivity contribution in [2.24, 2.45) is 0 Å². The summed E-state index contributed by atoms with van der Waals surface area (Å²) in [5.74, 6) is 0.300. The summed E-state index contributed by atoms with van der Waals surface area (Å²) in [4.78, 5) is 18.7. The van der Waals surface area contributed by atoms with Gasteiger partial charge in [0.2, 0.25) is 0 Å². The van der Waals surface area contributed by atoms with Crippen molar-refractivity contribution in [1.82, 2.24) is 9.80 Å². The Hall–Kier alpha value is -3.41. The third kappa shape index (κ3) is 7.27. The second-order valence-electron chi connectivity index (χ2n) is 11.5. The topological polar surface area (TPSA) is 84.6 Å². The number of likely N-dealkylation sites (N-methyl/N-ethyl adjacent to an activating group) is 1. The molecule has 0 bridgehead atoms. The van der Waals surface area contributed by atoms with E-state index in [2.05, 4.69) is 11.0 Å². The number of aromatic hydroxyl groups is 1. The van der Waals surface area contributed by atoms with E-state index in [4.69, 9.17) is 23.2 Å². The Labute approximate surface area is 271 Å². The van der Waals surface area contributed by atoms with Crippen LogP contribution in [-0.2, 0) is 10.8 Å². The number of phenols is 1. The van der Waals surface area contributed by atoms with Gasteiger partial charge in [-0.15, -0.1) is 0 Å². The van der Waals surface area contributed by atoms with Crippen LogP contribution >= 0.6 is 23.2 Å². The Morgan fingerprint density at radius 3 is 2.52 bits per heavy atom. The number of carbonyl (C=O) groups excluding carboxylic acids is 1. The summed E-state index contributed by atoms with van der Waals surface area (Å²) >= 11 is 12.7. The molecule has 4 aromatic rings. The van der Waals surface area contributed by atoms with E-state index in [1.54, 1.807) is 48.5 Å². The summed E-state index contributed by atoms with van der Waals surface area (Å²) in [6.07, 6.45) is 4.34. The highest BCUT2D eigenvalue weighted by Crippen LogP contribution is 2.35. The molecule has 1 unspecified atom stereocenters. The molecule has 4 aromatic carbocycles. The van der Waals surface area contributed by atoms with Crippen molar-refractivity contribution in [2.45, 2.75) is 36.0 Å². The smallest absolute Gasteiger partial charge is 0.254 e. The SMILES string of the molecule is CN(C[C@@H](CCN1CCC(c2ccc(O)cc2S(C)=O)CC1)c1ccc(Cl)c(Cl)c1)C(=O)c1cc(C#N)cc2ccccc12. The van der Waals surface area contributed by atoms with Crippen LogP contribution in [0.3, 0.4) is 0 Å². The van der Waals surface area contributed by atoms with E-state index in [0.717, 1.165) is 60.8 Å². The van der Waals surface area contributed by atoms with Crippen molar-refractivity contribution < 1.29 is 14.1 Å². The van der Waals surface area contributed by atoms with Crippen LogP contribution in [0.4, 0.5) is 0 Å². The highest BCUT2D eigenvalue weighted by Gasteiger charge is 2.26. The van der Waals surface area contributed by atoms with E-state index in [1.807, 2.05) is 42.5 Å². The van der Waals surface area contributed by atoms with Crippen molar-refractivity contribution in [1.29, 1.82) is 5.26 Å². The van der Waals surface area contributed by atoms with E-state index < -0.39 is 10.8 Å². The number of carbonyl (C=O) groups is 1. The molecule has 228 valence electrons. The number of hydrogen-bond donors (Lipinski definition) is 1. The second-order valence-corrected chi connectivity index (χ2v) is 13.7. The van der Waals surface area contributed by atoms with Gasteiger partial charge >= 0.3 is 0 Å². The molecular weight excluding hydrogens is 613 g/mol. The zero-order valence-corrected chi connectivity index (χ0v) is 27.1. The molecule has 1 fully saturated rings. The van der Waals surface area contributed by atoms with Crippen molar-refractivity contribution >= 4 is 50.7 Å². The van der Waals surface area contributed by atoms with Gasteiger partial charge in [0.15, 0.2) is 0 Å². The van der Waals surface area contributed by atoms with E-state index in [-0.39, 0.29) is 17.6 Å². The molecule has 0 aromatic heterocycles. The maximum absolute atomic E-state index is 13.8. The van der Waals surface area contributed by atoms with Gasteiger partial charge in [-0.1, -0.05) is 59.6 Å². The summed E-state index contributed by atoms with van der Waals surface area (Å²) in [6.45, 7) is 3.11. The van der Waals surface area contributed by atoms with Crippen molar-refractivity contribution in [2.75, 3.05) is 39.5 Å².